The number of rotatable bonds is 7. The normalized spacial score (nSPS) is 11.3. The Labute approximate surface area is 183 Å². The van der Waals surface area contributed by atoms with Crippen LogP contribution in [0.3, 0.4) is 0 Å². The first-order valence-corrected chi connectivity index (χ1v) is 8.23. The number of pyridine rings is 1. The molecule has 160 valence electrons. The number of anilines is 1. The summed E-state index contributed by atoms with van der Waals surface area (Å²) in [6.07, 6.45) is -3.68. The van der Waals surface area contributed by atoms with Gasteiger partial charge in [-0.15, -0.1) is 24.0 Å². The molecule has 0 spiro atoms. The lowest BCUT2D eigenvalue weighted by atomic mass is 10.3. The lowest BCUT2D eigenvalue weighted by Crippen LogP contribution is -2.33. The maximum absolute atomic E-state index is 12.5. The van der Waals surface area contributed by atoms with Crippen molar-refractivity contribution in [1.29, 1.82) is 0 Å². The van der Waals surface area contributed by atoms with E-state index < -0.39 is 11.7 Å². The van der Waals surface area contributed by atoms with Crippen molar-refractivity contribution in [3.05, 3.63) is 42.1 Å². The summed E-state index contributed by atoms with van der Waals surface area (Å²) >= 11 is 0. The van der Waals surface area contributed by atoms with Crippen molar-refractivity contribution in [3.63, 3.8) is 0 Å². The van der Waals surface area contributed by atoms with Gasteiger partial charge in [-0.2, -0.15) is 13.2 Å². The highest BCUT2D eigenvalue weighted by atomic mass is 127. The monoisotopic (exact) mass is 526 g/mol. The van der Waals surface area contributed by atoms with Crippen LogP contribution in [0.5, 0.6) is 17.4 Å². The van der Waals surface area contributed by atoms with Crippen molar-refractivity contribution in [2.45, 2.75) is 6.18 Å². The van der Waals surface area contributed by atoms with E-state index in [2.05, 4.69) is 20.6 Å². The van der Waals surface area contributed by atoms with Gasteiger partial charge in [-0.05, 0) is 18.2 Å². The number of guanidine groups is 1. The zero-order chi connectivity index (χ0) is 20.6. The predicted octanol–water partition coefficient (Wildman–Crippen LogP) is 3.80. The van der Waals surface area contributed by atoms with Gasteiger partial charge >= 0.3 is 6.18 Å². The molecule has 0 saturated carbocycles. The van der Waals surface area contributed by atoms with Crippen LogP contribution in [0, 0.1) is 0 Å². The lowest BCUT2D eigenvalue weighted by molar-refractivity contribution is -0.137. The lowest BCUT2D eigenvalue weighted by Gasteiger charge is -2.14. The molecule has 0 bridgehead atoms. The number of aromatic nitrogens is 1. The average molecular weight is 526 g/mol. The zero-order valence-electron chi connectivity index (χ0n) is 16.0. The molecule has 2 N–H and O–H groups in total. The Hall–Kier alpha value is -2.44. The van der Waals surface area contributed by atoms with Crippen LogP contribution in [0.15, 0.2) is 41.5 Å². The molecule has 29 heavy (non-hydrogen) atoms. The van der Waals surface area contributed by atoms with Gasteiger partial charge in [0.1, 0.15) is 6.61 Å². The molecule has 1 aromatic heterocycles. The summed E-state index contributed by atoms with van der Waals surface area (Å²) in [4.78, 5) is 7.73. The largest absolute Gasteiger partial charge is 0.493 e. The Morgan fingerprint density at radius 2 is 1.83 bits per heavy atom. The third kappa shape index (κ3) is 7.48. The van der Waals surface area contributed by atoms with E-state index in [4.69, 9.17) is 14.2 Å². The highest BCUT2D eigenvalue weighted by Crippen LogP contribution is 2.30. The van der Waals surface area contributed by atoms with Crippen molar-refractivity contribution in [2.24, 2.45) is 4.99 Å². The van der Waals surface area contributed by atoms with Crippen LogP contribution in [0.1, 0.15) is 5.56 Å². The van der Waals surface area contributed by atoms with Crippen LogP contribution >= 0.6 is 24.0 Å². The summed E-state index contributed by atoms with van der Waals surface area (Å²) in [5.74, 6) is 1.77. The number of aliphatic imine (C=N–C) groups is 1. The molecule has 1 aromatic carbocycles. The molecule has 0 atom stereocenters. The summed E-state index contributed by atoms with van der Waals surface area (Å²) in [6, 6.07) is 7.42. The Morgan fingerprint density at radius 3 is 2.38 bits per heavy atom. The molecule has 0 aliphatic rings. The molecule has 7 nitrogen and oxygen atoms in total. The molecule has 2 aromatic rings. The second kappa shape index (κ2) is 11.5. The predicted molar refractivity (Wildman–Crippen MR) is 115 cm³/mol. The van der Waals surface area contributed by atoms with Crippen LogP contribution < -0.4 is 24.8 Å². The highest BCUT2D eigenvalue weighted by Gasteiger charge is 2.30. The number of benzene rings is 1. The van der Waals surface area contributed by atoms with Crippen LogP contribution in [0.4, 0.5) is 18.9 Å². The Kier molecular flexibility index (Phi) is 9.78. The van der Waals surface area contributed by atoms with E-state index in [0.717, 1.165) is 18.0 Å². The minimum Gasteiger partial charge on any atom is -0.493 e. The fourth-order valence-electron chi connectivity index (χ4n) is 2.19. The number of nitrogens with one attached hydrogen (secondary N) is 2. The summed E-state index contributed by atoms with van der Waals surface area (Å²) in [6.45, 7) is 0.542. The number of halogens is 4. The molecule has 0 amide bonds. The van der Waals surface area contributed by atoms with Gasteiger partial charge in [0, 0.05) is 31.1 Å². The first-order chi connectivity index (χ1) is 13.4. The molecule has 0 radical (unpaired) electrons. The molecule has 0 aliphatic carbocycles. The summed E-state index contributed by atoms with van der Waals surface area (Å²) in [7, 11) is 4.70. The third-order valence-corrected chi connectivity index (χ3v) is 3.58. The average Bonchev–Trinajstić information content (AvgIpc) is 2.69. The van der Waals surface area contributed by atoms with E-state index in [1.54, 1.807) is 39.5 Å². The number of nitrogens with zero attached hydrogens (tertiary/aromatic N) is 2. The van der Waals surface area contributed by atoms with Crippen LogP contribution in [-0.4, -0.2) is 45.4 Å². The van der Waals surface area contributed by atoms with Crippen molar-refractivity contribution in [2.75, 3.05) is 39.7 Å². The molecule has 0 saturated heterocycles. The topological polar surface area (TPSA) is 77.0 Å². The zero-order valence-corrected chi connectivity index (χ0v) is 18.4. The van der Waals surface area contributed by atoms with Crippen molar-refractivity contribution in [3.8, 4) is 17.4 Å². The summed E-state index contributed by atoms with van der Waals surface area (Å²) in [5, 5.41) is 6.11. The van der Waals surface area contributed by atoms with E-state index in [1.165, 1.54) is 6.07 Å². The Balaban J connectivity index is 0.00000420. The molecule has 0 aliphatic heterocycles. The molecule has 0 fully saturated rings. The minimum atomic E-state index is -4.42. The fraction of sp³-hybridized carbons (Fsp3) is 0.333. The van der Waals surface area contributed by atoms with E-state index in [1.807, 2.05) is 0 Å². The van der Waals surface area contributed by atoms with Crippen molar-refractivity contribution < 1.29 is 27.4 Å². The SMILES string of the molecule is CN=C(NCCOc1ccc(C(F)(F)F)cn1)Nc1ccc(OC)c(OC)c1.I. The minimum absolute atomic E-state index is 0. The molecule has 11 heteroatoms. The number of hydrogen-bond donors (Lipinski definition) is 2. The van der Waals surface area contributed by atoms with Gasteiger partial charge in [0.05, 0.1) is 26.3 Å². The molecule has 1 heterocycles. The number of methoxy groups -OCH3 is 2. The maximum Gasteiger partial charge on any atom is 0.417 e. The first-order valence-electron chi connectivity index (χ1n) is 8.23. The number of ether oxygens (including phenoxy) is 3. The summed E-state index contributed by atoms with van der Waals surface area (Å²) in [5.41, 5.74) is -0.0893. The fourth-order valence-corrected chi connectivity index (χ4v) is 2.19. The molecule has 2 rings (SSSR count). The Morgan fingerprint density at radius 1 is 1.10 bits per heavy atom. The van der Waals surface area contributed by atoms with Gasteiger partial charge in [-0.25, -0.2) is 4.98 Å². The smallest absolute Gasteiger partial charge is 0.417 e. The van der Waals surface area contributed by atoms with Gasteiger partial charge in [0.15, 0.2) is 17.5 Å². The van der Waals surface area contributed by atoms with Crippen LogP contribution in [0.2, 0.25) is 0 Å². The van der Waals surface area contributed by atoms with Gasteiger partial charge < -0.3 is 24.8 Å². The van der Waals surface area contributed by atoms with Crippen LogP contribution in [0.25, 0.3) is 0 Å². The third-order valence-electron chi connectivity index (χ3n) is 3.58. The van der Waals surface area contributed by atoms with Gasteiger partial charge in [-0.1, -0.05) is 0 Å². The Bertz CT molecular complexity index is 802. The summed E-state index contributed by atoms with van der Waals surface area (Å²) < 4.78 is 53.2. The molecular weight excluding hydrogens is 504 g/mol. The standard InChI is InChI=1S/C18H21F3N4O3.HI/c1-22-17(25-13-5-6-14(26-2)15(10-13)27-3)23-8-9-28-16-7-4-12(11-24-16)18(19,20)21;/h4-7,10-11H,8-9H2,1-3H3,(H2,22,23,25);1H. The van der Waals surface area contributed by atoms with E-state index in [-0.39, 0.29) is 36.5 Å². The van der Waals surface area contributed by atoms with Gasteiger partial charge in [0.2, 0.25) is 5.88 Å². The van der Waals surface area contributed by atoms with Crippen LogP contribution in [-0.2, 0) is 6.18 Å². The second-order valence-corrected chi connectivity index (χ2v) is 5.43. The van der Waals surface area contributed by atoms with E-state index in [0.29, 0.717) is 24.0 Å². The number of hydrogen-bond acceptors (Lipinski definition) is 5. The maximum atomic E-state index is 12.5. The second-order valence-electron chi connectivity index (χ2n) is 5.43. The quantitative estimate of drug-likeness (QED) is 0.248. The van der Waals surface area contributed by atoms with Gasteiger partial charge in [-0.3, -0.25) is 4.99 Å². The number of alkyl halides is 3. The van der Waals surface area contributed by atoms with Crippen molar-refractivity contribution in [1.82, 2.24) is 10.3 Å². The first kappa shape index (κ1) is 24.6. The highest BCUT2D eigenvalue weighted by molar-refractivity contribution is 14.0. The van der Waals surface area contributed by atoms with Gasteiger partial charge in [0.25, 0.3) is 0 Å². The molecule has 0 unspecified atom stereocenters. The van der Waals surface area contributed by atoms with Crippen molar-refractivity contribution >= 4 is 35.6 Å². The van der Waals surface area contributed by atoms with E-state index in [9.17, 15) is 13.2 Å². The van der Waals surface area contributed by atoms with E-state index >= 15 is 0 Å². The molecular formula is C18H22F3IN4O3.